The Morgan fingerprint density at radius 1 is 1.60 bits per heavy atom. The van der Waals surface area contributed by atoms with Gasteiger partial charge >= 0.3 is 0 Å². The monoisotopic (exact) mass is 274 g/mol. The maximum atomic E-state index is 12.4. The predicted octanol–water partition coefficient (Wildman–Crippen LogP) is 2.44. The lowest BCUT2D eigenvalue weighted by Gasteiger charge is -2.25. The fraction of sp³-hybridized carbons (Fsp3) is 0.467. The minimum atomic E-state index is -0.621. The van der Waals surface area contributed by atoms with E-state index in [-0.39, 0.29) is 18.5 Å². The van der Waals surface area contributed by atoms with Crippen LogP contribution in [0.4, 0.5) is 4.39 Å². The summed E-state index contributed by atoms with van der Waals surface area (Å²) in [5.41, 5.74) is 9.60. The molecule has 0 amide bonds. The van der Waals surface area contributed by atoms with Crippen molar-refractivity contribution >= 4 is 5.96 Å². The standard InChI is InChI=1S/C15H19FN4/c1-11-4-2-6-13-12(11)5-3-7-14(13)19-15(18)20(10-17)9-8-16/h2,4,6,14H,3,5,7-9H2,1H3,(H2,18,19). The molecule has 0 bridgehead atoms. The molecule has 0 fully saturated rings. The molecule has 1 aliphatic carbocycles. The van der Waals surface area contributed by atoms with Gasteiger partial charge in [-0.05, 0) is 42.9 Å². The molecule has 20 heavy (non-hydrogen) atoms. The third kappa shape index (κ3) is 2.90. The van der Waals surface area contributed by atoms with E-state index in [1.165, 1.54) is 16.7 Å². The second-order valence-corrected chi connectivity index (χ2v) is 4.98. The molecule has 2 N–H and O–H groups in total. The highest BCUT2D eigenvalue weighted by Gasteiger charge is 2.21. The fourth-order valence-electron chi connectivity index (χ4n) is 2.67. The largest absolute Gasteiger partial charge is 0.369 e. The van der Waals surface area contributed by atoms with Crippen LogP contribution in [0.15, 0.2) is 23.2 Å². The number of hydrogen-bond donors (Lipinski definition) is 1. The van der Waals surface area contributed by atoms with Gasteiger partial charge in [-0.15, -0.1) is 0 Å². The summed E-state index contributed by atoms with van der Waals surface area (Å²) >= 11 is 0. The third-order valence-corrected chi connectivity index (χ3v) is 3.70. The number of fused-ring (bicyclic) bond motifs is 1. The maximum Gasteiger partial charge on any atom is 0.205 e. The Morgan fingerprint density at radius 2 is 2.40 bits per heavy atom. The van der Waals surface area contributed by atoms with Crippen molar-refractivity contribution in [3.8, 4) is 6.19 Å². The number of nitrogens with two attached hydrogens (primary N) is 1. The van der Waals surface area contributed by atoms with Crippen molar-refractivity contribution in [3.05, 3.63) is 34.9 Å². The van der Waals surface area contributed by atoms with Crippen LogP contribution < -0.4 is 5.73 Å². The summed E-state index contributed by atoms with van der Waals surface area (Å²) < 4.78 is 12.4. The lowest BCUT2D eigenvalue weighted by atomic mass is 9.85. The second-order valence-electron chi connectivity index (χ2n) is 4.98. The first-order chi connectivity index (χ1) is 9.67. The van der Waals surface area contributed by atoms with Gasteiger partial charge in [-0.3, -0.25) is 0 Å². The van der Waals surface area contributed by atoms with E-state index in [0.29, 0.717) is 0 Å². The van der Waals surface area contributed by atoms with Gasteiger partial charge in [0.15, 0.2) is 6.19 Å². The topological polar surface area (TPSA) is 65.4 Å². The predicted molar refractivity (Wildman–Crippen MR) is 76.8 cm³/mol. The van der Waals surface area contributed by atoms with E-state index in [2.05, 4.69) is 24.0 Å². The number of aliphatic imine (C=N–C) groups is 1. The summed E-state index contributed by atoms with van der Waals surface area (Å²) in [5.74, 6) is 0.101. The van der Waals surface area contributed by atoms with Gasteiger partial charge in [0.2, 0.25) is 5.96 Å². The molecule has 1 atom stereocenters. The summed E-state index contributed by atoms with van der Waals surface area (Å²) in [6.07, 6.45) is 4.88. The average Bonchev–Trinajstić information content (AvgIpc) is 2.45. The van der Waals surface area contributed by atoms with Gasteiger partial charge in [-0.2, -0.15) is 5.26 Å². The Kier molecular flexibility index (Phi) is 4.57. The van der Waals surface area contributed by atoms with Gasteiger partial charge in [0.1, 0.15) is 6.67 Å². The first kappa shape index (κ1) is 14.3. The zero-order valence-corrected chi connectivity index (χ0v) is 11.6. The quantitative estimate of drug-likeness (QED) is 0.398. The Morgan fingerprint density at radius 3 is 3.10 bits per heavy atom. The molecule has 0 saturated heterocycles. The van der Waals surface area contributed by atoms with E-state index in [4.69, 9.17) is 11.0 Å². The van der Waals surface area contributed by atoms with E-state index in [0.717, 1.165) is 24.2 Å². The van der Waals surface area contributed by atoms with Crippen LogP contribution in [0.1, 0.15) is 35.6 Å². The minimum absolute atomic E-state index is 0.0332. The first-order valence-corrected chi connectivity index (χ1v) is 6.82. The molecule has 1 unspecified atom stereocenters. The molecule has 0 saturated carbocycles. The summed E-state index contributed by atoms with van der Waals surface area (Å²) in [6.45, 7) is 1.43. The normalized spacial score (nSPS) is 18.2. The van der Waals surface area contributed by atoms with E-state index in [9.17, 15) is 4.39 Å². The van der Waals surface area contributed by atoms with Crippen molar-refractivity contribution in [2.24, 2.45) is 10.7 Å². The third-order valence-electron chi connectivity index (χ3n) is 3.70. The summed E-state index contributed by atoms with van der Waals surface area (Å²) in [6, 6.07) is 6.14. The van der Waals surface area contributed by atoms with Crippen LogP contribution in [0.3, 0.4) is 0 Å². The smallest absolute Gasteiger partial charge is 0.205 e. The molecular weight excluding hydrogens is 255 g/mol. The zero-order valence-electron chi connectivity index (χ0n) is 11.6. The molecule has 0 aromatic heterocycles. The Labute approximate surface area is 118 Å². The number of halogens is 1. The van der Waals surface area contributed by atoms with Crippen LogP contribution in [-0.2, 0) is 6.42 Å². The molecule has 0 spiro atoms. The van der Waals surface area contributed by atoms with Gasteiger partial charge < -0.3 is 5.73 Å². The SMILES string of the molecule is Cc1cccc2c1CCCC2N=C(N)N(C#N)CCF. The van der Waals surface area contributed by atoms with Crippen LogP contribution in [0, 0.1) is 18.4 Å². The maximum absolute atomic E-state index is 12.4. The zero-order chi connectivity index (χ0) is 14.5. The molecule has 106 valence electrons. The number of nitrogens with zero attached hydrogens (tertiary/aromatic N) is 3. The highest BCUT2D eigenvalue weighted by molar-refractivity contribution is 5.79. The number of nitriles is 1. The van der Waals surface area contributed by atoms with Crippen molar-refractivity contribution in [2.45, 2.75) is 32.2 Å². The van der Waals surface area contributed by atoms with E-state index in [1.807, 2.05) is 12.3 Å². The Balaban J connectivity index is 2.28. The van der Waals surface area contributed by atoms with Crippen molar-refractivity contribution < 1.29 is 4.39 Å². The highest BCUT2D eigenvalue weighted by atomic mass is 19.1. The van der Waals surface area contributed by atoms with Gasteiger partial charge in [-0.25, -0.2) is 14.3 Å². The van der Waals surface area contributed by atoms with Crippen molar-refractivity contribution in [2.75, 3.05) is 13.2 Å². The molecule has 1 aromatic carbocycles. The van der Waals surface area contributed by atoms with E-state index < -0.39 is 6.67 Å². The molecule has 0 aliphatic heterocycles. The summed E-state index contributed by atoms with van der Waals surface area (Å²) in [5, 5.41) is 8.94. The number of benzene rings is 1. The average molecular weight is 274 g/mol. The molecule has 0 heterocycles. The molecule has 1 aliphatic rings. The summed E-state index contributed by atoms with van der Waals surface area (Å²) in [4.78, 5) is 5.54. The second kappa shape index (κ2) is 6.38. The number of guanidine groups is 1. The van der Waals surface area contributed by atoms with Crippen molar-refractivity contribution in [3.63, 3.8) is 0 Å². The fourth-order valence-corrected chi connectivity index (χ4v) is 2.67. The molecular formula is C15H19FN4. The molecule has 0 radical (unpaired) electrons. The molecule has 2 rings (SSSR count). The number of rotatable bonds is 3. The lowest BCUT2D eigenvalue weighted by Crippen LogP contribution is -2.35. The molecule has 4 nitrogen and oxygen atoms in total. The summed E-state index contributed by atoms with van der Waals surface area (Å²) in [7, 11) is 0. The molecule has 5 heteroatoms. The Bertz CT molecular complexity index is 547. The van der Waals surface area contributed by atoms with Crippen LogP contribution >= 0.6 is 0 Å². The Hall–Kier alpha value is -2.09. The van der Waals surface area contributed by atoms with Crippen molar-refractivity contribution in [1.29, 1.82) is 5.26 Å². The minimum Gasteiger partial charge on any atom is -0.369 e. The van der Waals surface area contributed by atoms with Crippen molar-refractivity contribution in [1.82, 2.24) is 4.90 Å². The van der Waals surface area contributed by atoms with Gasteiger partial charge in [0.25, 0.3) is 0 Å². The first-order valence-electron chi connectivity index (χ1n) is 6.82. The van der Waals surface area contributed by atoms with E-state index >= 15 is 0 Å². The van der Waals surface area contributed by atoms with Crippen LogP contribution in [0.5, 0.6) is 0 Å². The van der Waals surface area contributed by atoms with Gasteiger partial charge in [0.05, 0.1) is 12.6 Å². The van der Waals surface area contributed by atoms with Crippen LogP contribution in [0.25, 0.3) is 0 Å². The lowest BCUT2D eigenvalue weighted by molar-refractivity contribution is 0.418. The number of hydrogen-bond acceptors (Lipinski definition) is 2. The molecule has 1 aromatic rings. The van der Waals surface area contributed by atoms with Crippen LogP contribution in [0.2, 0.25) is 0 Å². The number of alkyl halides is 1. The van der Waals surface area contributed by atoms with Gasteiger partial charge in [0, 0.05) is 0 Å². The van der Waals surface area contributed by atoms with Gasteiger partial charge in [-0.1, -0.05) is 18.2 Å². The number of aryl methyl sites for hydroxylation is 1. The van der Waals surface area contributed by atoms with E-state index in [1.54, 1.807) is 0 Å². The highest BCUT2D eigenvalue weighted by Crippen LogP contribution is 2.34. The van der Waals surface area contributed by atoms with Crippen LogP contribution in [-0.4, -0.2) is 24.1 Å².